The van der Waals surface area contributed by atoms with Crippen molar-refractivity contribution >= 4 is 5.91 Å². The first-order valence-electron chi connectivity index (χ1n) is 7.56. The van der Waals surface area contributed by atoms with Crippen LogP contribution in [0.15, 0.2) is 36.5 Å². The Hall–Kier alpha value is -2.14. The highest BCUT2D eigenvalue weighted by Gasteiger charge is 2.21. The van der Waals surface area contributed by atoms with Gasteiger partial charge in [-0.25, -0.2) is 0 Å². The molecule has 22 heavy (non-hydrogen) atoms. The molecule has 0 bridgehead atoms. The average molecular weight is 300 g/mol. The largest absolute Gasteiger partial charge is 0.355 e. The third-order valence-corrected chi connectivity index (χ3v) is 4.17. The molecule has 0 aliphatic heterocycles. The van der Waals surface area contributed by atoms with Crippen LogP contribution in [-0.4, -0.2) is 22.2 Å². The molecule has 0 spiro atoms. The van der Waals surface area contributed by atoms with Crippen LogP contribution in [0, 0.1) is 12.8 Å². The maximum Gasteiger partial charge on any atom is 0.224 e. The lowest BCUT2D eigenvalue weighted by Gasteiger charge is -2.19. The van der Waals surface area contributed by atoms with Crippen molar-refractivity contribution in [3.8, 4) is 0 Å². The SMILES string of the molecule is Cc1c(CCNC(=O)C(C)C(N)c2ccccc2)cnn1C. The van der Waals surface area contributed by atoms with Gasteiger partial charge in [0.1, 0.15) is 0 Å². The van der Waals surface area contributed by atoms with Gasteiger partial charge in [0, 0.05) is 25.3 Å². The molecule has 1 heterocycles. The minimum Gasteiger partial charge on any atom is -0.355 e. The van der Waals surface area contributed by atoms with E-state index in [1.54, 1.807) is 0 Å². The van der Waals surface area contributed by atoms with E-state index in [-0.39, 0.29) is 17.9 Å². The van der Waals surface area contributed by atoms with Gasteiger partial charge in [-0.3, -0.25) is 9.48 Å². The summed E-state index contributed by atoms with van der Waals surface area (Å²) in [6, 6.07) is 9.43. The summed E-state index contributed by atoms with van der Waals surface area (Å²) in [4.78, 5) is 12.2. The highest BCUT2D eigenvalue weighted by atomic mass is 16.1. The van der Waals surface area contributed by atoms with Crippen LogP contribution < -0.4 is 11.1 Å². The van der Waals surface area contributed by atoms with E-state index in [0.29, 0.717) is 6.54 Å². The van der Waals surface area contributed by atoms with E-state index in [4.69, 9.17) is 5.73 Å². The lowest BCUT2D eigenvalue weighted by molar-refractivity contribution is -0.125. The van der Waals surface area contributed by atoms with Gasteiger partial charge in [-0.1, -0.05) is 37.3 Å². The standard InChI is InChI=1S/C17H24N4O/c1-12(16(18)14-7-5-4-6-8-14)17(22)19-10-9-15-11-20-21(3)13(15)2/h4-8,11-12,16H,9-10,18H2,1-3H3,(H,19,22). The molecule has 0 fully saturated rings. The first kappa shape index (κ1) is 16.2. The molecule has 5 nitrogen and oxygen atoms in total. The quantitative estimate of drug-likeness (QED) is 0.853. The minimum absolute atomic E-state index is 0.0158. The Morgan fingerprint density at radius 3 is 2.64 bits per heavy atom. The normalized spacial score (nSPS) is 13.6. The number of carbonyl (C=O) groups is 1. The predicted molar refractivity (Wildman–Crippen MR) is 87.2 cm³/mol. The van der Waals surface area contributed by atoms with E-state index < -0.39 is 0 Å². The van der Waals surface area contributed by atoms with Crippen LogP contribution in [0.2, 0.25) is 0 Å². The molecule has 0 aliphatic carbocycles. The monoisotopic (exact) mass is 300 g/mol. The molecule has 2 aromatic rings. The van der Waals surface area contributed by atoms with Gasteiger partial charge in [0.05, 0.1) is 12.1 Å². The van der Waals surface area contributed by atoms with Crippen molar-refractivity contribution in [2.45, 2.75) is 26.3 Å². The molecule has 1 amide bonds. The number of rotatable bonds is 6. The Morgan fingerprint density at radius 1 is 1.36 bits per heavy atom. The maximum absolute atomic E-state index is 12.2. The smallest absolute Gasteiger partial charge is 0.224 e. The van der Waals surface area contributed by atoms with Gasteiger partial charge in [-0.15, -0.1) is 0 Å². The number of aromatic nitrogens is 2. The topological polar surface area (TPSA) is 72.9 Å². The molecule has 3 N–H and O–H groups in total. The van der Waals surface area contributed by atoms with E-state index in [9.17, 15) is 4.79 Å². The number of hydrogen-bond donors (Lipinski definition) is 2. The fourth-order valence-electron chi connectivity index (χ4n) is 2.40. The zero-order valence-electron chi connectivity index (χ0n) is 13.4. The number of amides is 1. The summed E-state index contributed by atoms with van der Waals surface area (Å²) >= 11 is 0. The molecular weight excluding hydrogens is 276 g/mol. The van der Waals surface area contributed by atoms with Crippen LogP contribution in [0.1, 0.15) is 29.8 Å². The number of carbonyl (C=O) groups excluding carboxylic acids is 1. The van der Waals surface area contributed by atoms with Crippen molar-refractivity contribution in [2.75, 3.05) is 6.54 Å². The summed E-state index contributed by atoms with van der Waals surface area (Å²) in [6.45, 7) is 4.48. The highest BCUT2D eigenvalue weighted by Crippen LogP contribution is 2.19. The van der Waals surface area contributed by atoms with E-state index >= 15 is 0 Å². The second kappa shape index (κ2) is 7.22. The molecule has 2 rings (SSSR count). The van der Waals surface area contributed by atoms with Crippen molar-refractivity contribution in [3.63, 3.8) is 0 Å². The molecule has 1 aromatic carbocycles. The molecule has 1 aromatic heterocycles. The Kier molecular flexibility index (Phi) is 5.33. The summed E-state index contributed by atoms with van der Waals surface area (Å²) in [5, 5.41) is 7.16. The number of nitrogens with zero attached hydrogens (tertiary/aromatic N) is 2. The fourth-order valence-corrected chi connectivity index (χ4v) is 2.40. The molecular formula is C17H24N4O. The second-order valence-corrected chi connectivity index (χ2v) is 5.64. The van der Waals surface area contributed by atoms with E-state index in [1.807, 2.05) is 62.1 Å². The summed E-state index contributed by atoms with van der Waals surface area (Å²) in [7, 11) is 1.92. The van der Waals surface area contributed by atoms with Crippen LogP contribution >= 0.6 is 0 Å². The van der Waals surface area contributed by atoms with Crippen LogP contribution in [-0.2, 0) is 18.3 Å². The van der Waals surface area contributed by atoms with E-state index in [1.165, 1.54) is 0 Å². The minimum atomic E-state index is -0.290. The van der Waals surface area contributed by atoms with Crippen LogP contribution in [0.25, 0.3) is 0 Å². The van der Waals surface area contributed by atoms with Crippen LogP contribution in [0.4, 0.5) is 0 Å². The van der Waals surface area contributed by atoms with Crippen molar-refractivity contribution in [2.24, 2.45) is 18.7 Å². The van der Waals surface area contributed by atoms with Crippen molar-refractivity contribution in [1.29, 1.82) is 0 Å². The Morgan fingerprint density at radius 2 is 2.05 bits per heavy atom. The Labute approximate surface area is 131 Å². The van der Waals surface area contributed by atoms with Gasteiger partial charge in [-0.2, -0.15) is 5.10 Å². The molecule has 2 atom stereocenters. The second-order valence-electron chi connectivity index (χ2n) is 5.64. The molecule has 0 saturated heterocycles. The maximum atomic E-state index is 12.2. The van der Waals surface area contributed by atoms with Gasteiger partial charge >= 0.3 is 0 Å². The third-order valence-electron chi connectivity index (χ3n) is 4.17. The van der Waals surface area contributed by atoms with Gasteiger partial charge in [0.15, 0.2) is 0 Å². The zero-order valence-corrected chi connectivity index (χ0v) is 13.4. The number of nitrogens with one attached hydrogen (secondary N) is 1. The van der Waals surface area contributed by atoms with Gasteiger partial charge in [-0.05, 0) is 24.5 Å². The lowest BCUT2D eigenvalue weighted by Crippen LogP contribution is -2.36. The number of benzene rings is 1. The van der Waals surface area contributed by atoms with Crippen molar-refractivity contribution in [1.82, 2.24) is 15.1 Å². The molecule has 0 saturated carbocycles. The van der Waals surface area contributed by atoms with Crippen LogP contribution in [0.3, 0.4) is 0 Å². The molecule has 2 unspecified atom stereocenters. The molecule has 0 radical (unpaired) electrons. The first-order valence-corrected chi connectivity index (χ1v) is 7.56. The highest BCUT2D eigenvalue weighted by molar-refractivity contribution is 5.79. The van der Waals surface area contributed by atoms with E-state index in [0.717, 1.165) is 23.2 Å². The molecule has 118 valence electrons. The zero-order chi connectivity index (χ0) is 16.1. The average Bonchev–Trinajstić information content (AvgIpc) is 2.86. The van der Waals surface area contributed by atoms with Crippen molar-refractivity contribution in [3.05, 3.63) is 53.3 Å². The third kappa shape index (κ3) is 3.74. The molecule has 5 heteroatoms. The van der Waals surface area contributed by atoms with Crippen LogP contribution in [0.5, 0.6) is 0 Å². The lowest BCUT2D eigenvalue weighted by atomic mass is 9.94. The number of hydrogen-bond acceptors (Lipinski definition) is 3. The summed E-state index contributed by atoms with van der Waals surface area (Å²) in [5.41, 5.74) is 9.44. The number of aryl methyl sites for hydroxylation is 1. The van der Waals surface area contributed by atoms with Crippen molar-refractivity contribution < 1.29 is 4.79 Å². The fraction of sp³-hybridized carbons (Fsp3) is 0.412. The summed E-state index contributed by atoms with van der Waals surface area (Å²) in [5.74, 6) is -0.282. The Balaban J connectivity index is 1.85. The summed E-state index contributed by atoms with van der Waals surface area (Å²) in [6.07, 6.45) is 2.62. The van der Waals surface area contributed by atoms with Gasteiger partial charge in [0.2, 0.25) is 5.91 Å². The first-order chi connectivity index (χ1) is 10.5. The number of nitrogens with two attached hydrogens (primary N) is 1. The molecule has 0 aliphatic rings. The van der Waals surface area contributed by atoms with Gasteiger partial charge in [0.25, 0.3) is 0 Å². The Bertz CT molecular complexity index is 621. The van der Waals surface area contributed by atoms with E-state index in [2.05, 4.69) is 10.4 Å². The van der Waals surface area contributed by atoms with Gasteiger partial charge < -0.3 is 11.1 Å². The predicted octanol–water partition coefficient (Wildman–Crippen LogP) is 1.72. The summed E-state index contributed by atoms with van der Waals surface area (Å²) < 4.78 is 1.84.